The number of ketones is 1. The van der Waals surface area contributed by atoms with Crippen LogP contribution in [-0.4, -0.2) is 34.9 Å². The third-order valence-electron chi connectivity index (χ3n) is 3.82. The van der Waals surface area contributed by atoms with Crippen molar-refractivity contribution >= 4 is 16.7 Å². The summed E-state index contributed by atoms with van der Waals surface area (Å²) in [6, 6.07) is 8.01. The van der Waals surface area contributed by atoms with Crippen molar-refractivity contribution in [2.75, 3.05) is 14.1 Å². The molecule has 0 aliphatic heterocycles. The van der Waals surface area contributed by atoms with Crippen LogP contribution in [0.25, 0.3) is 10.9 Å². The van der Waals surface area contributed by atoms with Crippen molar-refractivity contribution in [3.05, 3.63) is 36.0 Å². The fourth-order valence-corrected chi connectivity index (χ4v) is 2.06. The molecule has 1 heterocycles. The minimum atomic E-state index is -0.496. The van der Waals surface area contributed by atoms with Gasteiger partial charge in [0, 0.05) is 29.7 Å². The number of rotatable bonds is 3. The fraction of sp³-hybridized carbons (Fsp3) is 0.400. The van der Waals surface area contributed by atoms with Crippen LogP contribution in [0.5, 0.6) is 0 Å². The topological polar surface area (TPSA) is 25.2 Å². The summed E-state index contributed by atoms with van der Waals surface area (Å²) in [6.07, 6.45) is 1.93. The van der Waals surface area contributed by atoms with Gasteiger partial charge in [-0.2, -0.15) is 0 Å². The third kappa shape index (κ3) is 1.85. The van der Waals surface area contributed by atoms with Crippen LogP contribution in [0.3, 0.4) is 0 Å². The third-order valence-corrected chi connectivity index (χ3v) is 3.82. The maximum absolute atomic E-state index is 12.7. The molecule has 0 atom stereocenters. The maximum Gasteiger partial charge on any atom is 0.184 e. The zero-order valence-corrected chi connectivity index (χ0v) is 11.7. The minimum absolute atomic E-state index is 0.157. The number of likely N-dealkylation sites (N-methyl/N-ethyl adjacent to an activating group) is 1. The first-order valence-electron chi connectivity index (χ1n) is 6.12. The molecule has 0 saturated carbocycles. The molecule has 0 saturated heterocycles. The van der Waals surface area contributed by atoms with E-state index >= 15 is 0 Å². The number of carbonyl (C=O) groups excluding carboxylic acids is 1. The van der Waals surface area contributed by atoms with Crippen molar-refractivity contribution < 1.29 is 4.79 Å². The first kappa shape index (κ1) is 12.8. The smallest absolute Gasteiger partial charge is 0.184 e. The predicted octanol–water partition coefficient (Wildman–Crippen LogP) is 2.70. The summed E-state index contributed by atoms with van der Waals surface area (Å²) in [6.45, 7) is 3.91. The molecule has 1 aromatic heterocycles. The van der Waals surface area contributed by atoms with Crippen LogP contribution < -0.4 is 0 Å². The Morgan fingerprint density at radius 1 is 1.22 bits per heavy atom. The molecule has 0 radical (unpaired) electrons. The molecule has 18 heavy (non-hydrogen) atoms. The number of nitrogens with zero attached hydrogens (tertiary/aromatic N) is 2. The van der Waals surface area contributed by atoms with Crippen LogP contribution in [-0.2, 0) is 7.05 Å². The lowest BCUT2D eigenvalue weighted by molar-refractivity contribution is 0.0757. The lowest BCUT2D eigenvalue weighted by Gasteiger charge is -2.30. The van der Waals surface area contributed by atoms with E-state index in [1.54, 1.807) is 0 Å². The van der Waals surface area contributed by atoms with Crippen molar-refractivity contribution in [3.8, 4) is 0 Å². The normalized spacial score (nSPS) is 12.3. The lowest BCUT2D eigenvalue weighted by atomic mass is 9.92. The van der Waals surface area contributed by atoms with Gasteiger partial charge < -0.3 is 4.57 Å². The van der Waals surface area contributed by atoms with E-state index in [1.807, 2.05) is 74.9 Å². The molecule has 0 spiro atoms. The zero-order valence-electron chi connectivity index (χ0n) is 11.7. The van der Waals surface area contributed by atoms with Crippen LogP contribution in [0.4, 0.5) is 0 Å². The summed E-state index contributed by atoms with van der Waals surface area (Å²) in [5, 5.41) is 1.03. The Bertz CT molecular complexity index is 594. The average molecular weight is 244 g/mol. The Labute approximate surface area is 108 Å². The van der Waals surface area contributed by atoms with Crippen molar-refractivity contribution in [1.29, 1.82) is 0 Å². The number of aromatic nitrogens is 1. The highest BCUT2D eigenvalue weighted by Crippen LogP contribution is 2.26. The van der Waals surface area contributed by atoms with Gasteiger partial charge in [-0.15, -0.1) is 0 Å². The molecule has 0 unspecified atom stereocenters. The number of fused-ring (bicyclic) bond motifs is 1. The molecule has 1 aromatic carbocycles. The van der Waals surface area contributed by atoms with E-state index in [9.17, 15) is 4.79 Å². The second kappa shape index (κ2) is 4.25. The van der Waals surface area contributed by atoms with Crippen LogP contribution in [0.15, 0.2) is 30.5 Å². The number of para-hydroxylation sites is 1. The van der Waals surface area contributed by atoms with Gasteiger partial charge in [-0.25, -0.2) is 0 Å². The number of hydrogen-bond acceptors (Lipinski definition) is 2. The molecular weight excluding hydrogens is 224 g/mol. The number of Topliss-reactive ketones (excluding diaryl/α,β-unsaturated/α-hetero) is 1. The second-order valence-corrected chi connectivity index (χ2v) is 5.45. The SMILES string of the molecule is CN(C)C(C)(C)C(=O)c1cn(C)c2ccccc12. The number of benzene rings is 1. The molecule has 96 valence electrons. The Balaban J connectivity index is 2.59. The first-order chi connectivity index (χ1) is 8.35. The molecule has 0 aliphatic rings. The molecule has 2 rings (SSSR count). The van der Waals surface area contributed by atoms with Crippen molar-refractivity contribution in [3.63, 3.8) is 0 Å². The van der Waals surface area contributed by atoms with Gasteiger partial charge in [-0.1, -0.05) is 18.2 Å². The summed E-state index contributed by atoms with van der Waals surface area (Å²) in [5.74, 6) is 0.157. The first-order valence-corrected chi connectivity index (χ1v) is 6.12. The lowest BCUT2D eigenvalue weighted by Crippen LogP contribution is -2.45. The molecule has 0 bridgehead atoms. The van der Waals surface area contributed by atoms with Crippen LogP contribution in [0, 0.1) is 0 Å². The Morgan fingerprint density at radius 2 is 1.83 bits per heavy atom. The Morgan fingerprint density at radius 3 is 2.44 bits per heavy atom. The van der Waals surface area contributed by atoms with Gasteiger partial charge in [0.25, 0.3) is 0 Å². The molecular formula is C15H20N2O. The summed E-state index contributed by atoms with van der Waals surface area (Å²) < 4.78 is 2.01. The average Bonchev–Trinajstić information content (AvgIpc) is 2.66. The van der Waals surface area contributed by atoms with E-state index in [0.717, 1.165) is 16.5 Å². The van der Waals surface area contributed by atoms with Crippen molar-refractivity contribution in [2.24, 2.45) is 7.05 Å². The molecule has 0 N–H and O–H groups in total. The summed E-state index contributed by atoms with van der Waals surface area (Å²) >= 11 is 0. The van der Waals surface area contributed by atoms with Gasteiger partial charge in [-0.3, -0.25) is 9.69 Å². The molecule has 2 aromatic rings. The van der Waals surface area contributed by atoms with Crippen molar-refractivity contribution in [1.82, 2.24) is 9.47 Å². The zero-order chi connectivity index (χ0) is 13.5. The summed E-state index contributed by atoms with van der Waals surface area (Å²) in [4.78, 5) is 14.6. The van der Waals surface area contributed by atoms with Crippen LogP contribution in [0.2, 0.25) is 0 Å². The molecule has 0 fully saturated rings. The molecule has 3 nitrogen and oxygen atoms in total. The van der Waals surface area contributed by atoms with Gasteiger partial charge in [-0.05, 0) is 34.0 Å². The quantitative estimate of drug-likeness (QED) is 0.776. The highest BCUT2D eigenvalue weighted by molar-refractivity contribution is 6.12. The second-order valence-electron chi connectivity index (χ2n) is 5.45. The molecule has 0 amide bonds. The highest BCUT2D eigenvalue weighted by Gasteiger charge is 2.32. The van der Waals surface area contributed by atoms with Crippen LogP contribution >= 0.6 is 0 Å². The van der Waals surface area contributed by atoms with Gasteiger partial charge >= 0.3 is 0 Å². The van der Waals surface area contributed by atoms with E-state index in [2.05, 4.69) is 0 Å². The van der Waals surface area contributed by atoms with Gasteiger partial charge in [0.05, 0.1) is 5.54 Å². The van der Waals surface area contributed by atoms with Gasteiger partial charge in [0.2, 0.25) is 0 Å². The predicted molar refractivity (Wildman–Crippen MR) is 75.0 cm³/mol. The van der Waals surface area contributed by atoms with E-state index in [1.165, 1.54) is 0 Å². The largest absolute Gasteiger partial charge is 0.350 e. The summed E-state index contributed by atoms with van der Waals surface area (Å²) in [5.41, 5.74) is 1.40. The maximum atomic E-state index is 12.7. The van der Waals surface area contributed by atoms with E-state index in [4.69, 9.17) is 0 Å². The number of carbonyl (C=O) groups is 1. The fourth-order valence-electron chi connectivity index (χ4n) is 2.06. The van der Waals surface area contributed by atoms with E-state index in [0.29, 0.717) is 0 Å². The minimum Gasteiger partial charge on any atom is -0.350 e. The van der Waals surface area contributed by atoms with Crippen LogP contribution in [0.1, 0.15) is 24.2 Å². The van der Waals surface area contributed by atoms with E-state index in [-0.39, 0.29) is 5.78 Å². The molecule has 0 aliphatic carbocycles. The van der Waals surface area contributed by atoms with Gasteiger partial charge in [0.15, 0.2) is 5.78 Å². The molecule has 3 heteroatoms. The van der Waals surface area contributed by atoms with E-state index < -0.39 is 5.54 Å². The number of aryl methyl sites for hydroxylation is 1. The standard InChI is InChI=1S/C15H20N2O/c1-15(2,16(3)4)14(18)12-10-17(5)13-9-7-6-8-11(12)13/h6-10H,1-5H3. The highest BCUT2D eigenvalue weighted by atomic mass is 16.1. The number of hydrogen-bond donors (Lipinski definition) is 0. The van der Waals surface area contributed by atoms with Crippen molar-refractivity contribution in [2.45, 2.75) is 19.4 Å². The monoisotopic (exact) mass is 244 g/mol. The summed E-state index contributed by atoms with van der Waals surface area (Å²) in [7, 11) is 5.84. The Hall–Kier alpha value is -1.61. The van der Waals surface area contributed by atoms with Gasteiger partial charge in [0.1, 0.15) is 0 Å². The Kier molecular flexibility index (Phi) is 3.03.